The number of fused-ring (bicyclic) bond motifs is 1. The third-order valence-corrected chi connectivity index (χ3v) is 4.15. The van der Waals surface area contributed by atoms with Crippen LogP contribution < -0.4 is 10.1 Å². The van der Waals surface area contributed by atoms with Crippen LogP contribution in [0.15, 0.2) is 54.6 Å². The Bertz CT molecular complexity index is 890. The van der Waals surface area contributed by atoms with Crippen molar-refractivity contribution in [2.24, 2.45) is 0 Å². The first-order valence-corrected chi connectivity index (χ1v) is 7.60. The summed E-state index contributed by atoms with van der Waals surface area (Å²) >= 11 is 6.10. The molecule has 0 aliphatic rings. The van der Waals surface area contributed by atoms with Crippen LogP contribution in [0.3, 0.4) is 0 Å². The van der Waals surface area contributed by atoms with Gasteiger partial charge in [0.05, 0.1) is 12.7 Å². The van der Waals surface area contributed by atoms with Gasteiger partial charge in [0, 0.05) is 10.7 Å². The van der Waals surface area contributed by atoms with E-state index >= 15 is 0 Å². The molecule has 4 heteroatoms. The molecule has 0 spiro atoms. The van der Waals surface area contributed by atoms with Gasteiger partial charge in [0.1, 0.15) is 5.75 Å². The minimum Gasteiger partial charge on any atom is -0.496 e. The highest BCUT2D eigenvalue weighted by Gasteiger charge is 2.14. The molecule has 23 heavy (non-hydrogen) atoms. The van der Waals surface area contributed by atoms with E-state index in [1.807, 2.05) is 55.5 Å². The van der Waals surface area contributed by atoms with Crippen LogP contribution in [0.4, 0.5) is 5.69 Å². The minimum atomic E-state index is -0.229. The van der Waals surface area contributed by atoms with Crippen LogP contribution in [0.5, 0.6) is 5.75 Å². The van der Waals surface area contributed by atoms with Crippen LogP contribution in [-0.2, 0) is 0 Å². The maximum absolute atomic E-state index is 12.6. The van der Waals surface area contributed by atoms with Gasteiger partial charge in [-0.15, -0.1) is 0 Å². The Hall–Kier alpha value is -2.52. The fraction of sp³-hybridized carbons (Fsp3) is 0.105. The Morgan fingerprint density at radius 3 is 2.39 bits per heavy atom. The van der Waals surface area contributed by atoms with E-state index in [2.05, 4.69) is 5.32 Å². The number of nitrogens with one attached hydrogen (secondary N) is 1. The Balaban J connectivity index is 1.97. The number of halogens is 1. The van der Waals surface area contributed by atoms with Crippen LogP contribution in [0, 0.1) is 6.92 Å². The molecule has 0 aliphatic heterocycles. The number of amides is 1. The number of hydrogen-bond donors (Lipinski definition) is 1. The maximum Gasteiger partial charge on any atom is 0.259 e. The molecule has 0 saturated carbocycles. The number of benzene rings is 3. The summed E-state index contributed by atoms with van der Waals surface area (Å²) in [5, 5.41) is 5.49. The van der Waals surface area contributed by atoms with E-state index < -0.39 is 0 Å². The van der Waals surface area contributed by atoms with Gasteiger partial charge in [-0.3, -0.25) is 4.79 Å². The van der Waals surface area contributed by atoms with Gasteiger partial charge in [-0.2, -0.15) is 0 Å². The minimum absolute atomic E-state index is 0.229. The van der Waals surface area contributed by atoms with E-state index in [0.29, 0.717) is 22.0 Å². The highest BCUT2D eigenvalue weighted by Crippen LogP contribution is 2.27. The SMILES string of the molecule is COc1cc2ccccc2cc1C(=O)Nc1ccc(C)c(Cl)c1. The summed E-state index contributed by atoms with van der Waals surface area (Å²) in [6.45, 7) is 1.92. The topological polar surface area (TPSA) is 38.3 Å². The summed E-state index contributed by atoms with van der Waals surface area (Å²) in [5.41, 5.74) is 2.11. The zero-order valence-corrected chi connectivity index (χ0v) is 13.6. The van der Waals surface area contributed by atoms with Gasteiger partial charge < -0.3 is 10.1 Å². The molecule has 0 atom stereocenters. The average molecular weight is 326 g/mol. The number of ether oxygens (including phenoxy) is 1. The van der Waals surface area contributed by atoms with Gasteiger partial charge in [-0.1, -0.05) is 41.9 Å². The molecule has 3 rings (SSSR count). The normalized spacial score (nSPS) is 10.6. The number of hydrogen-bond acceptors (Lipinski definition) is 2. The lowest BCUT2D eigenvalue weighted by Crippen LogP contribution is -2.13. The van der Waals surface area contributed by atoms with Crippen molar-refractivity contribution in [2.45, 2.75) is 6.92 Å². The van der Waals surface area contributed by atoms with Crippen molar-refractivity contribution in [1.82, 2.24) is 0 Å². The first kappa shape index (κ1) is 15.4. The lowest BCUT2D eigenvalue weighted by atomic mass is 10.1. The molecule has 0 radical (unpaired) electrons. The maximum atomic E-state index is 12.6. The standard InChI is InChI=1S/C19H16ClNO2/c1-12-7-8-15(11-17(12)20)21-19(22)16-9-13-5-3-4-6-14(13)10-18(16)23-2/h3-11H,1-2H3,(H,21,22). The number of rotatable bonds is 3. The van der Waals surface area contributed by atoms with E-state index in [0.717, 1.165) is 16.3 Å². The lowest BCUT2D eigenvalue weighted by Gasteiger charge is -2.11. The smallest absolute Gasteiger partial charge is 0.259 e. The molecule has 116 valence electrons. The lowest BCUT2D eigenvalue weighted by molar-refractivity contribution is 0.102. The number of anilines is 1. The summed E-state index contributed by atoms with van der Waals surface area (Å²) in [6.07, 6.45) is 0. The predicted octanol–water partition coefficient (Wildman–Crippen LogP) is 5.06. The molecule has 3 aromatic carbocycles. The van der Waals surface area contributed by atoms with Gasteiger partial charge >= 0.3 is 0 Å². The fourth-order valence-electron chi connectivity index (χ4n) is 2.43. The molecular weight excluding hydrogens is 310 g/mol. The van der Waals surface area contributed by atoms with Gasteiger partial charge in [0.2, 0.25) is 0 Å². The van der Waals surface area contributed by atoms with Crippen LogP contribution in [0.1, 0.15) is 15.9 Å². The zero-order chi connectivity index (χ0) is 16.4. The Morgan fingerprint density at radius 1 is 1.04 bits per heavy atom. The summed E-state index contributed by atoms with van der Waals surface area (Å²) in [6, 6.07) is 17.0. The second-order valence-electron chi connectivity index (χ2n) is 5.32. The third-order valence-electron chi connectivity index (χ3n) is 3.74. The zero-order valence-electron chi connectivity index (χ0n) is 12.9. The molecule has 0 bridgehead atoms. The molecule has 0 heterocycles. The molecule has 3 aromatic rings. The molecule has 0 unspecified atom stereocenters. The number of aryl methyl sites for hydroxylation is 1. The highest BCUT2D eigenvalue weighted by molar-refractivity contribution is 6.31. The van der Waals surface area contributed by atoms with Gasteiger partial charge in [0.15, 0.2) is 0 Å². The van der Waals surface area contributed by atoms with Crippen molar-refractivity contribution in [3.8, 4) is 5.75 Å². The van der Waals surface area contributed by atoms with Crippen molar-refractivity contribution in [3.05, 3.63) is 70.7 Å². The predicted molar refractivity (Wildman–Crippen MR) is 94.6 cm³/mol. The quantitative estimate of drug-likeness (QED) is 0.730. The molecule has 0 saturated heterocycles. The van der Waals surface area contributed by atoms with E-state index in [9.17, 15) is 4.79 Å². The van der Waals surface area contributed by atoms with E-state index in [1.54, 1.807) is 13.2 Å². The Morgan fingerprint density at radius 2 is 1.74 bits per heavy atom. The molecule has 3 nitrogen and oxygen atoms in total. The molecule has 0 fully saturated rings. The van der Waals surface area contributed by atoms with E-state index in [-0.39, 0.29) is 5.91 Å². The molecule has 1 amide bonds. The highest BCUT2D eigenvalue weighted by atomic mass is 35.5. The summed E-state index contributed by atoms with van der Waals surface area (Å²) in [7, 11) is 1.56. The number of carbonyl (C=O) groups excluding carboxylic acids is 1. The van der Waals surface area contributed by atoms with Crippen molar-refractivity contribution in [3.63, 3.8) is 0 Å². The summed E-state index contributed by atoms with van der Waals surface area (Å²) in [5.74, 6) is 0.312. The monoisotopic (exact) mass is 325 g/mol. The third kappa shape index (κ3) is 3.15. The first-order valence-electron chi connectivity index (χ1n) is 7.23. The van der Waals surface area contributed by atoms with Gasteiger partial charge in [-0.05, 0) is 47.5 Å². The van der Waals surface area contributed by atoms with Crippen LogP contribution in [0.2, 0.25) is 5.02 Å². The first-order chi connectivity index (χ1) is 11.1. The molecule has 1 N–H and O–H groups in total. The van der Waals surface area contributed by atoms with E-state index in [4.69, 9.17) is 16.3 Å². The van der Waals surface area contributed by atoms with Gasteiger partial charge in [-0.25, -0.2) is 0 Å². The second kappa shape index (κ2) is 6.31. The number of methoxy groups -OCH3 is 1. The Kier molecular flexibility index (Phi) is 4.22. The van der Waals surface area contributed by atoms with Crippen LogP contribution in [0.25, 0.3) is 10.8 Å². The fourth-order valence-corrected chi connectivity index (χ4v) is 2.62. The largest absolute Gasteiger partial charge is 0.496 e. The molecule has 0 aliphatic carbocycles. The molecule has 0 aromatic heterocycles. The second-order valence-corrected chi connectivity index (χ2v) is 5.72. The Labute approximate surface area is 139 Å². The van der Waals surface area contributed by atoms with Crippen molar-refractivity contribution < 1.29 is 9.53 Å². The number of carbonyl (C=O) groups is 1. The average Bonchev–Trinajstić information content (AvgIpc) is 2.57. The van der Waals surface area contributed by atoms with Crippen LogP contribution in [-0.4, -0.2) is 13.0 Å². The van der Waals surface area contributed by atoms with E-state index in [1.165, 1.54) is 0 Å². The van der Waals surface area contributed by atoms with Crippen molar-refractivity contribution in [2.75, 3.05) is 12.4 Å². The van der Waals surface area contributed by atoms with Crippen LogP contribution >= 0.6 is 11.6 Å². The summed E-state index contributed by atoms with van der Waals surface area (Å²) in [4.78, 5) is 12.6. The molecular formula is C19H16ClNO2. The van der Waals surface area contributed by atoms with Gasteiger partial charge in [0.25, 0.3) is 5.91 Å². The summed E-state index contributed by atoms with van der Waals surface area (Å²) < 4.78 is 5.37. The van der Waals surface area contributed by atoms with Crippen molar-refractivity contribution in [1.29, 1.82) is 0 Å². The van der Waals surface area contributed by atoms with Crippen molar-refractivity contribution >= 4 is 34.0 Å².